The summed E-state index contributed by atoms with van der Waals surface area (Å²) >= 11 is 3.32. The van der Waals surface area contributed by atoms with E-state index in [1.165, 1.54) is 6.92 Å². The smallest absolute Gasteiger partial charge is 0.302 e. The minimum Gasteiger partial charge on any atom is -0.462 e. The summed E-state index contributed by atoms with van der Waals surface area (Å²) in [7, 11) is 0. The molecule has 1 aliphatic heterocycles. The van der Waals surface area contributed by atoms with E-state index in [1.54, 1.807) is 12.4 Å². The summed E-state index contributed by atoms with van der Waals surface area (Å²) < 4.78 is 5.62. The number of aromatic nitrogens is 2. The van der Waals surface area contributed by atoms with Crippen molar-refractivity contribution in [3.8, 4) is 0 Å². The average Bonchev–Trinajstić information content (AvgIpc) is 2.48. The lowest BCUT2D eigenvalue weighted by molar-refractivity contribution is -0.142. The third kappa shape index (κ3) is 5.30. The lowest BCUT2D eigenvalue weighted by atomic mass is 10.1. The fraction of sp³-hybridized carbons (Fsp3) is 0.538. The third-order valence-corrected chi connectivity index (χ3v) is 3.31. The molecular weight excluding hydrogens is 340 g/mol. The van der Waals surface area contributed by atoms with Gasteiger partial charge in [0.2, 0.25) is 5.95 Å². The summed E-state index contributed by atoms with van der Waals surface area (Å²) in [6.07, 6.45) is 5.11. The molecule has 0 aromatic carbocycles. The molecule has 0 saturated carbocycles. The molecule has 0 radical (unpaired) electrons. The van der Waals surface area contributed by atoms with Gasteiger partial charge in [-0.1, -0.05) is 5.16 Å². The summed E-state index contributed by atoms with van der Waals surface area (Å²) in [5.74, 6) is 0.419. The maximum Gasteiger partial charge on any atom is 0.302 e. The van der Waals surface area contributed by atoms with Gasteiger partial charge in [-0.15, -0.1) is 0 Å². The van der Waals surface area contributed by atoms with Crippen molar-refractivity contribution in [3.63, 3.8) is 0 Å². The van der Waals surface area contributed by atoms with E-state index in [0.717, 1.165) is 42.1 Å². The van der Waals surface area contributed by atoms with Crippen LogP contribution in [-0.2, 0) is 14.4 Å². The fourth-order valence-corrected chi connectivity index (χ4v) is 2.09. The van der Waals surface area contributed by atoms with E-state index in [0.29, 0.717) is 0 Å². The number of anilines is 1. The Balaban J connectivity index is 1.72. The van der Waals surface area contributed by atoms with Crippen LogP contribution in [0.5, 0.6) is 0 Å². The Morgan fingerprint density at radius 3 is 2.62 bits per heavy atom. The number of halogens is 1. The number of nitrogens with zero attached hydrogens (tertiary/aromatic N) is 4. The second kappa shape index (κ2) is 7.92. The maximum absolute atomic E-state index is 10.6. The second-order valence-electron chi connectivity index (χ2n) is 4.52. The second-order valence-corrected chi connectivity index (χ2v) is 5.43. The molecule has 0 atom stereocenters. The topological polar surface area (TPSA) is 76.9 Å². The summed E-state index contributed by atoms with van der Waals surface area (Å²) in [6, 6.07) is 0. The molecule has 0 spiro atoms. The number of hydrogen-bond donors (Lipinski definition) is 0. The van der Waals surface area contributed by atoms with Crippen LogP contribution < -0.4 is 4.90 Å². The minimum absolute atomic E-state index is 0.227. The van der Waals surface area contributed by atoms with Crippen LogP contribution in [0.2, 0.25) is 0 Å². The van der Waals surface area contributed by atoms with Crippen LogP contribution in [-0.4, -0.2) is 48.0 Å². The Bertz CT molecular complexity index is 497. The van der Waals surface area contributed by atoms with E-state index >= 15 is 0 Å². The van der Waals surface area contributed by atoms with Gasteiger partial charge < -0.3 is 14.5 Å². The molecule has 8 heteroatoms. The molecule has 2 heterocycles. The predicted molar refractivity (Wildman–Crippen MR) is 81.2 cm³/mol. The van der Waals surface area contributed by atoms with E-state index in [4.69, 9.17) is 9.57 Å². The van der Waals surface area contributed by atoms with Crippen molar-refractivity contribution >= 4 is 33.6 Å². The monoisotopic (exact) mass is 356 g/mol. The van der Waals surface area contributed by atoms with Crippen molar-refractivity contribution in [2.45, 2.75) is 19.8 Å². The molecule has 21 heavy (non-hydrogen) atoms. The van der Waals surface area contributed by atoms with Crippen LogP contribution in [0.4, 0.5) is 5.95 Å². The van der Waals surface area contributed by atoms with Crippen molar-refractivity contribution in [2.24, 2.45) is 5.16 Å². The molecule has 1 saturated heterocycles. The highest BCUT2D eigenvalue weighted by Crippen LogP contribution is 2.15. The van der Waals surface area contributed by atoms with Gasteiger partial charge in [0.25, 0.3) is 0 Å². The van der Waals surface area contributed by atoms with Crippen LogP contribution in [0.1, 0.15) is 19.8 Å². The van der Waals surface area contributed by atoms with Gasteiger partial charge in [-0.25, -0.2) is 9.97 Å². The highest BCUT2D eigenvalue weighted by atomic mass is 79.9. The lowest BCUT2D eigenvalue weighted by Gasteiger charge is -2.27. The van der Waals surface area contributed by atoms with E-state index in [-0.39, 0.29) is 19.2 Å². The Hall–Kier alpha value is -1.70. The van der Waals surface area contributed by atoms with Gasteiger partial charge in [-0.3, -0.25) is 4.79 Å². The van der Waals surface area contributed by atoms with E-state index in [9.17, 15) is 4.79 Å². The Morgan fingerprint density at radius 1 is 1.33 bits per heavy atom. The first-order valence-corrected chi connectivity index (χ1v) is 7.48. The number of rotatable bonds is 5. The van der Waals surface area contributed by atoms with Gasteiger partial charge in [-0.2, -0.15) is 0 Å². The molecule has 0 N–H and O–H groups in total. The number of esters is 1. The Kier molecular flexibility index (Phi) is 5.91. The highest BCUT2D eigenvalue weighted by molar-refractivity contribution is 9.10. The summed E-state index contributed by atoms with van der Waals surface area (Å²) in [5, 5.41) is 4.07. The molecule has 0 amide bonds. The molecular formula is C13H17BrN4O3. The minimum atomic E-state index is -0.311. The molecule has 2 rings (SSSR count). The zero-order chi connectivity index (χ0) is 15.1. The van der Waals surface area contributed by atoms with Crippen molar-refractivity contribution in [2.75, 3.05) is 31.2 Å². The Labute approximate surface area is 131 Å². The van der Waals surface area contributed by atoms with E-state index in [1.807, 2.05) is 0 Å². The Morgan fingerprint density at radius 2 is 2.00 bits per heavy atom. The summed E-state index contributed by atoms with van der Waals surface area (Å²) in [6.45, 7) is 3.50. The van der Waals surface area contributed by atoms with Crippen molar-refractivity contribution in [1.29, 1.82) is 0 Å². The van der Waals surface area contributed by atoms with E-state index in [2.05, 4.69) is 36.0 Å². The number of hydrogen-bond acceptors (Lipinski definition) is 7. The number of oxime groups is 1. The zero-order valence-electron chi connectivity index (χ0n) is 11.8. The molecule has 0 bridgehead atoms. The van der Waals surface area contributed by atoms with E-state index < -0.39 is 0 Å². The molecule has 0 unspecified atom stereocenters. The lowest BCUT2D eigenvalue weighted by Crippen LogP contribution is -2.35. The first-order valence-electron chi connectivity index (χ1n) is 6.68. The highest BCUT2D eigenvalue weighted by Gasteiger charge is 2.17. The van der Waals surface area contributed by atoms with Crippen molar-refractivity contribution in [3.05, 3.63) is 16.9 Å². The van der Waals surface area contributed by atoms with Crippen molar-refractivity contribution < 1.29 is 14.4 Å². The van der Waals surface area contributed by atoms with Gasteiger partial charge in [0.15, 0.2) is 6.61 Å². The van der Waals surface area contributed by atoms with Crippen LogP contribution in [0.25, 0.3) is 0 Å². The van der Waals surface area contributed by atoms with Gasteiger partial charge in [0.05, 0.1) is 10.2 Å². The van der Waals surface area contributed by atoms with Gasteiger partial charge in [0.1, 0.15) is 6.61 Å². The van der Waals surface area contributed by atoms with Crippen molar-refractivity contribution in [1.82, 2.24) is 9.97 Å². The predicted octanol–water partition coefficient (Wildman–Crippen LogP) is 1.77. The normalized spacial score (nSPS) is 14.8. The van der Waals surface area contributed by atoms with Crippen LogP contribution >= 0.6 is 15.9 Å². The number of ether oxygens (including phenoxy) is 1. The standard InChI is InChI=1S/C13H17BrN4O3/c1-10(19)20-6-7-21-17-12-2-4-18(5-3-12)13-15-8-11(14)9-16-13/h8-9H,2-7H2,1H3. The SMILES string of the molecule is CC(=O)OCCON=C1CCN(c2ncc(Br)cn2)CC1. The zero-order valence-corrected chi connectivity index (χ0v) is 13.4. The number of piperidine rings is 1. The summed E-state index contributed by atoms with van der Waals surface area (Å²) in [5.41, 5.74) is 1.01. The average molecular weight is 357 g/mol. The molecule has 114 valence electrons. The van der Waals surface area contributed by atoms with Crippen LogP contribution in [0, 0.1) is 0 Å². The number of carbonyl (C=O) groups is 1. The fourth-order valence-electron chi connectivity index (χ4n) is 1.88. The quantitative estimate of drug-likeness (QED) is 0.454. The van der Waals surface area contributed by atoms with Crippen LogP contribution in [0.3, 0.4) is 0 Å². The van der Waals surface area contributed by atoms with Crippen LogP contribution in [0.15, 0.2) is 22.0 Å². The van der Waals surface area contributed by atoms with Gasteiger partial charge in [0, 0.05) is 45.2 Å². The molecule has 1 aromatic rings. The third-order valence-electron chi connectivity index (χ3n) is 2.90. The first kappa shape index (κ1) is 15.7. The first-order chi connectivity index (χ1) is 10.1. The molecule has 1 aliphatic rings. The van der Waals surface area contributed by atoms with Gasteiger partial charge in [-0.05, 0) is 15.9 Å². The molecule has 7 nitrogen and oxygen atoms in total. The molecule has 1 aromatic heterocycles. The number of carbonyl (C=O) groups excluding carboxylic acids is 1. The molecule has 1 fully saturated rings. The largest absolute Gasteiger partial charge is 0.462 e. The maximum atomic E-state index is 10.6. The summed E-state index contributed by atoms with van der Waals surface area (Å²) in [4.78, 5) is 26.4. The van der Waals surface area contributed by atoms with Gasteiger partial charge >= 0.3 is 5.97 Å². The molecule has 0 aliphatic carbocycles.